The van der Waals surface area contributed by atoms with Crippen LogP contribution in [-0.2, 0) is 4.79 Å². The third kappa shape index (κ3) is 2.62. The summed E-state index contributed by atoms with van der Waals surface area (Å²) in [4.78, 5) is 15.3. The topological polar surface area (TPSA) is 41.6 Å². The minimum Gasteiger partial charge on any atom is -0.493 e. The zero-order valence-electron chi connectivity index (χ0n) is 13.9. The summed E-state index contributed by atoms with van der Waals surface area (Å²) in [5.74, 6) is 0.891. The van der Waals surface area contributed by atoms with Crippen molar-refractivity contribution in [1.82, 2.24) is 0 Å². The number of nitrogens with zero attached hydrogens (tertiary/aromatic N) is 1. The fraction of sp³-hybridized carbons (Fsp3) is 0.350. The largest absolute Gasteiger partial charge is 0.493 e. The van der Waals surface area contributed by atoms with Gasteiger partial charge in [0.1, 0.15) is 5.75 Å². The molecular formula is C20H22N2O2. The number of ether oxygens (including phenoxy) is 1. The highest BCUT2D eigenvalue weighted by atomic mass is 16.5. The van der Waals surface area contributed by atoms with E-state index in [1.54, 1.807) is 0 Å². The summed E-state index contributed by atoms with van der Waals surface area (Å²) in [5.41, 5.74) is 3.03. The second kappa shape index (κ2) is 6.19. The van der Waals surface area contributed by atoms with Crippen molar-refractivity contribution in [3.8, 4) is 5.75 Å². The van der Waals surface area contributed by atoms with E-state index in [9.17, 15) is 4.79 Å². The second-order valence-corrected chi connectivity index (χ2v) is 6.57. The molecule has 0 fully saturated rings. The van der Waals surface area contributed by atoms with Crippen LogP contribution in [0.4, 0.5) is 11.4 Å². The Morgan fingerprint density at radius 2 is 1.92 bits per heavy atom. The van der Waals surface area contributed by atoms with Gasteiger partial charge in [-0.1, -0.05) is 30.3 Å². The Morgan fingerprint density at radius 3 is 2.83 bits per heavy atom. The predicted octanol–water partition coefficient (Wildman–Crippen LogP) is 3.79. The normalized spacial score (nSPS) is 22.5. The number of hydrogen-bond acceptors (Lipinski definition) is 3. The van der Waals surface area contributed by atoms with E-state index in [0.717, 1.165) is 42.1 Å². The Hall–Kier alpha value is -2.49. The van der Waals surface area contributed by atoms with Gasteiger partial charge in [0.05, 0.1) is 23.9 Å². The fourth-order valence-corrected chi connectivity index (χ4v) is 3.63. The summed E-state index contributed by atoms with van der Waals surface area (Å²) in [6.07, 6.45) is 1.67. The van der Waals surface area contributed by atoms with Crippen LogP contribution in [0.25, 0.3) is 0 Å². The first kappa shape index (κ1) is 15.1. The average Bonchev–Trinajstić information content (AvgIpc) is 2.79. The molecule has 2 aromatic rings. The first-order valence-corrected chi connectivity index (χ1v) is 8.62. The summed E-state index contributed by atoms with van der Waals surface area (Å²) >= 11 is 0. The highest BCUT2D eigenvalue weighted by Crippen LogP contribution is 2.38. The quantitative estimate of drug-likeness (QED) is 0.868. The van der Waals surface area contributed by atoms with Crippen LogP contribution in [0.5, 0.6) is 5.75 Å². The Balaban J connectivity index is 1.70. The zero-order chi connectivity index (χ0) is 16.5. The van der Waals surface area contributed by atoms with E-state index < -0.39 is 0 Å². The molecule has 0 spiro atoms. The molecule has 4 rings (SSSR count). The molecule has 2 aliphatic heterocycles. The van der Waals surface area contributed by atoms with Gasteiger partial charge in [0.2, 0.25) is 5.91 Å². The lowest BCUT2D eigenvalue weighted by atomic mass is 9.91. The predicted molar refractivity (Wildman–Crippen MR) is 95.8 cm³/mol. The molecule has 0 aromatic heterocycles. The van der Waals surface area contributed by atoms with Crippen molar-refractivity contribution in [3.63, 3.8) is 0 Å². The van der Waals surface area contributed by atoms with Crippen LogP contribution in [0.2, 0.25) is 0 Å². The van der Waals surface area contributed by atoms with E-state index in [-0.39, 0.29) is 11.8 Å². The summed E-state index contributed by atoms with van der Waals surface area (Å²) in [6, 6.07) is 16.3. The number of nitrogens with one attached hydrogen (secondary N) is 1. The zero-order valence-corrected chi connectivity index (χ0v) is 13.9. The Labute approximate surface area is 142 Å². The number of benzene rings is 2. The molecule has 2 aliphatic rings. The van der Waals surface area contributed by atoms with Crippen molar-refractivity contribution in [2.45, 2.75) is 31.7 Å². The first-order valence-electron chi connectivity index (χ1n) is 8.62. The van der Waals surface area contributed by atoms with Gasteiger partial charge in [-0.3, -0.25) is 4.79 Å². The lowest BCUT2D eigenvalue weighted by molar-refractivity contribution is -0.120. The van der Waals surface area contributed by atoms with Gasteiger partial charge in [0.15, 0.2) is 0 Å². The van der Waals surface area contributed by atoms with Crippen molar-refractivity contribution < 1.29 is 9.53 Å². The summed E-state index contributed by atoms with van der Waals surface area (Å²) in [7, 11) is 0. The van der Waals surface area contributed by atoms with Crippen molar-refractivity contribution in [1.29, 1.82) is 0 Å². The minimum absolute atomic E-state index is 0.128. The Kier molecular flexibility index (Phi) is 3.89. The smallest absolute Gasteiger partial charge is 0.234 e. The standard InChI is InChI=1S/C20H22N2O2/c1-14-10-12-22(18-8-4-3-7-17(18)21-14)20(23)16-11-13-24-19-9-5-2-6-15(16)19/h2-9,14,16,21H,10-13H2,1H3. The summed E-state index contributed by atoms with van der Waals surface area (Å²) in [5, 5.41) is 3.51. The van der Waals surface area contributed by atoms with Crippen molar-refractivity contribution >= 4 is 17.3 Å². The molecular weight excluding hydrogens is 300 g/mol. The van der Waals surface area contributed by atoms with E-state index in [1.165, 1.54) is 0 Å². The van der Waals surface area contributed by atoms with Crippen molar-refractivity contribution in [2.24, 2.45) is 0 Å². The molecule has 1 N–H and O–H groups in total. The number of anilines is 2. The summed E-state index contributed by atoms with van der Waals surface area (Å²) in [6.45, 7) is 3.50. The van der Waals surface area contributed by atoms with Crippen molar-refractivity contribution in [3.05, 3.63) is 54.1 Å². The van der Waals surface area contributed by atoms with Crippen LogP contribution in [0.3, 0.4) is 0 Å². The number of hydrogen-bond donors (Lipinski definition) is 1. The van der Waals surface area contributed by atoms with E-state index in [4.69, 9.17) is 4.74 Å². The van der Waals surface area contributed by atoms with E-state index >= 15 is 0 Å². The van der Waals surface area contributed by atoms with Crippen molar-refractivity contribution in [2.75, 3.05) is 23.4 Å². The molecule has 4 nitrogen and oxygen atoms in total. The van der Waals surface area contributed by atoms with Gasteiger partial charge in [-0.2, -0.15) is 0 Å². The maximum atomic E-state index is 13.4. The van der Waals surface area contributed by atoms with E-state index in [1.807, 2.05) is 47.4 Å². The number of carbonyl (C=O) groups excluding carboxylic acids is 1. The van der Waals surface area contributed by atoms with Gasteiger partial charge >= 0.3 is 0 Å². The van der Waals surface area contributed by atoms with Gasteiger partial charge in [-0.15, -0.1) is 0 Å². The number of rotatable bonds is 1. The molecule has 2 heterocycles. The molecule has 2 unspecified atom stereocenters. The van der Waals surface area contributed by atoms with Gasteiger partial charge < -0.3 is 15.0 Å². The number of para-hydroxylation sites is 3. The van der Waals surface area contributed by atoms with Crippen LogP contribution < -0.4 is 15.0 Å². The van der Waals surface area contributed by atoms with E-state index in [2.05, 4.69) is 18.3 Å². The molecule has 2 aromatic carbocycles. The maximum Gasteiger partial charge on any atom is 0.234 e. The molecule has 0 radical (unpaired) electrons. The molecule has 2 atom stereocenters. The molecule has 1 amide bonds. The Bertz CT molecular complexity index is 759. The molecule has 4 heteroatoms. The third-order valence-electron chi connectivity index (χ3n) is 4.91. The van der Waals surface area contributed by atoms with E-state index in [0.29, 0.717) is 12.6 Å². The van der Waals surface area contributed by atoms with Crippen LogP contribution in [-0.4, -0.2) is 25.1 Å². The first-order chi connectivity index (χ1) is 11.7. The molecule has 0 aliphatic carbocycles. The average molecular weight is 322 g/mol. The molecule has 24 heavy (non-hydrogen) atoms. The van der Waals surface area contributed by atoms with Crippen LogP contribution in [0.15, 0.2) is 48.5 Å². The number of fused-ring (bicyclic) bond motifs is 2. The number of carbonyl (C=O) groups is 1. The minimum atomic E-state index is -0.128. The highest BCUT2D eigenvalue weighted by molar-refractivity contribution is 6.01. The Morgan fingerprint density at radius 1 is 1.12 bits per heavy atom. The highest BCUT2D eigenvalue weighted by Gasteiger charge is 2.33. The fourth-order valence-electron chi connectivity index (χ4n) is 3.63. The lowest BCUT2D eigenvalue weighted by Crippen LogP contribution is -2.37. The molecule has 0 saturated heterocycles. The summed E-state index contributed by atoms with van der Waals surface area (Å²) < 4.78 is 5.72. The SMILES string of the molecule is CC1CCN(C(=O)C2CCOc3ccccc32)c2ccccc2N1. The van der Waals surface area contributed by atoms with Gasteiger partial charge in [-0.25, -0.2) is 0 Å². The van der Waals surface area contributed by atoms with Gasteiger partial charge in [-0.05, 0) is 38.0 Å². The lowest BCUT2D eigenvalue weighted by Gasteiger charge is -2.30. The second-order valence-electron chi connectivity index (χ2n) is 6.57. The van der Waals surface area contributed by atoms with Crippen LogP contribution >= 0.6 is 0 Å². The molecule has 124 valence electrons. The molecule has 0 bridgehead atoms. The maximum absolute atomic E-state index is 13.4. The van der Waals surface area contributed by atoms with Gasteiger partial charge in [0.25, 0.3) is 0 Å². The monoisotopic (exact) mass is 322 g/mol. The van der Waals surface area contributed by atoms with Crippen LogP contribution in [0, 0.1) is 0 Å². The number of amides is 1. The van der Waals surface area contributed by atoms with Crippen LogP contribution in [0.1, 0.15) is 31.2 Å². The molecule has 0 saturated carbocycles. The third-order valence-corrected chi connectivity index (χ3v) is 4.91. The van der Waals surface area contributed by atoms with Gasteiger partial charge in [0, 0.05) is 18.2 Å².